The standard InChI is InChI=1S/C17H26N6O4/c1-3-27-17(24)13-5-4-6-22(11-13)16-14(23(25)26)15(18-12-19-16)21-9-7-20(2)8-10-21/h12-13H,3-11H2,1-2H3. The Labute approximate surface area is 158 Å². The Balaban J connectivity index is 1.87. The normalized spacial score (nSPS) is 21.2. The Bertz CT molecular complexity index is 692. The minimum Gasteiger partial charge on any atom is -0.466 e. The van der Waals surface area contributed by atoms with Crippen molar-refractivity contribution in [1.82, 2.24) is 14.9 Å². The SMILES string of the molecule is CCOC(=O)C1CCCN(c2ncnc(N3CCN(C)CC3)c2[N+](=O)[O-])C1. The van der Waals surface area contributed by atoms with Crippen molar-refractivity contribution in [2.45, 2.75) is 19.8 Å². The van der Waals surface area contributed by atoms with Crippen LogP contribution < -0.4 is 9.80 Å². The number of nitro groups is 1. The molecule has 0 radical (unpaired) electrons. The van der Waals surface area contributed by atoms with Crippen LogP contribution in [0.1, 0.15) is 19.8 Å². The summed E-state index contributed by atoms with van der Waals surface area (Å²) < 4.78 is 5.13. The maximum Gasteiger partial charge on any atom is 0.353 e. The molecule has 1 unspecified atom stereocenters. The summed E-state index contributed by atoms with van der Waals surface area (Å²) in [6.45, 7) is 6.11. The average Bonchev–Trinajstić information content (AvgIpc) is 2.68. The molecule has 1 aromatic rings. The van der Waals surface area contributed by atoms with Gasteiger partial charge in [0.05, 0.1) is 17.4 Å². The van der Waals surface area contributed by atoms with Gasteiger partial charge in [-0.2, -0.15) is 0 Å². The van der Waals surface area contributed by atoms with Crippen LogP contribution in [0.4, 0.5) is 17.3 Å². The van der Waals surface area contributed by atoms with E-state index in [9.17, 15) is 14.9 Å². The molecule has 0 aromatic carbocycles. The summed E-state index contributed by atoms with van der Waals surface area (Å²) in [5.74, 6) is 0.104. The molecule has 0 amide bonds. The largest absolute Gasteiger partial charge is 0.466 e. The van der Waals surface area contributed by atoms with E-state index in [1.54, 1.807) is 6.92 Å². The fourth-order valence-electron chi connectivity index (χ4n) is 3.63. The third-order valence-corrected chi connectivity index (χ3v) is 5.11. The van der Waals surface area contributed by atoms with Crippen LogP contribution in [0.5, 0.6) is 0 Å². The molecule has 2 fully saturated rings. The van der Waals surface area contributed by atoms with Crippen molar-refractivity contribution in [3.05, 3.63) is 16.4 Å². The second-order valence-corrected chi connectivity index (χ2v) is 6.95. The summed E-state index contributed by atoms with van der Waals surface area (Å²) in [6.07, 6.45) is 2.86. The van der Waals surface area contributed by atoms with Crippen molar-refractivity contribution in [2.75, 3.05) is 62.7 Å². The molecule has 2 aliphatic rings. The van der Waals surface area contributed by atoms with E-state index in [2.05, 4.69) is 14.9 Å². The van der Waals surface area contributed by atoms with Crippen molar-refractivity contribution >= 4 is 23.3 Å². The molecule has 0 N–H and O–H groups in total. The average molecular weight is 378 g/mol. The molecule has 0 bridgehead atoms. The molecule has 3 rings (SSSR count). The number of carbonyl (C=O) groups excluding carboxylic acids is 1. The van der Waals surface area contributed by atoms with Gasteiger partial charge < -0.3 is 19.4 Å². The minimum atomic E-state index is -0.406. The predicted molar refractivity (Wildman–Crippen MR) is 100.0 cm³/mol. The van der Waals surface area contributed by atoms with Crippen molar-refractivity contribution in [3.8, 4) is 0 Å². The first kappa shape index (κ1) is 19.3. The van der Waals surface area contributed by atoms with E-state index in [0.29, 0.717) is 38.6 Å². The van der Waals surface area contributed by atoms with Crippen LogP contribution in [0, 0.1) is 16.0 Å². The van der Waals surface area contributed by atoms with Gasteiger partial charge in [-0.1, -0.05) is 0 Å². The highest BCUT2D eigenvalue weighted by Crippen LogP contribution is 2.36. The van der Waals surface area contributed by atoms with E-state index < -0.39 is 4.92 Å². The first-order valence-corrected chi connectivity index (χ1v) is 9.35. The van der Waals surface area contributed by atoms with Crippen molar-refractivity contribution in [3.63, 3.8) is 0 Å². The summed E-state index contributed by atoms with van der Waals surface area (Å²) in [7, 11) is 2.03. The predicted octanol–water partition coefficient (Wildman–Crippen LogP) is 0.916. The quantitative estimate of drug-likeness (QED) is 0.420. The number of likely N-dealkylation sites (N-methyl/N-ethyl adjacent to an activating group) is 1. The molecule has 1 atom stereocenters. The number of piperazine rings is 1. The zero-order valence-corrected chi connectivity index (χ0v) is 15.8. The molecular formula is C17H26N6O4. The number of piperidine rings is 1. The number of hydrogen-bond donors (Lipinski definition) is 0. The van der Waals surface area contributed by atoms with E-state index in [1.807, 2.05) is 16.8 Å². The zero-order valence-electron chi connectivity index (χ0n) is 15.8. The van der Waals surface area contributed by atoms with Gasteiger partial charge in [-0.05, 0) is 26.8 Å². The highest BCUT2D eigenvalue weighted by Gasteiger charge is 2.35. The highest BCUT2D eigenvalue weighted by molar-refractivity contribution is 5.75. The Morgan fingerprint density at radius 3 is 2.52 bits per heavy atom. The van der Waals surface area contributed by atoms with Crippen LogP contribution in [0.3, 0.4) is 0 Å². The molecule has 2 saturated heterocycles. The van der Waals surface area contributed by atoms with E-state index in [-0.39, 0.29) is 23.4 Å². The smallest absolute Gasteiger partial charge is 0.353 e. The summed E-state index contributed by atoms with van der Waals surface area (Å²) >= 11 is 0. The summed E-state index contributed by atoms with van der Waals surface area (Å²) in [4.78, 5) is 38.0. The molecule has 0 saturated carbocycles. The van der Waals surface area contributed by atoms with Crippen molar-refractivity contribution in [1.29, 1.82) is 0 Å². The van der Waals surface area contributed by atoms with Crippen LogP contribution in [-0.2, 0) is 9.53 Å². The Kier molecular flexibility index (Phi) is 6.04. The number of hydrogen-bond acceptors (Lipinski definition) is 9. The van der Waals surface area contributed by atoms with Crippen molar-refractivity contribution in [2.24, 2.45) is 5.92 Å². The molecule has 0 spiro atoms. The lowest BCUT2D eigenvalue weighted by molar-refractivity contribution is -0.383. The van der Waals surface area contributed by atoms with Gasteiger partial charge in [0, 0.05) is 39.3 Å². The number of anilines is 2. The molecule has 3 heterocycles. The number of ether oxygens (including phenoxy) is 1. The molecule has 10 heteroatoms. The highest BCUT2D eigenvalue weighted by atomic mass is 16.6. The second-order valence-electron chi connectivity index (χ2n) is 6.95. The van der Waals surface area contributed by atoms with Gasteiger partial charge in [-0.3, -0.25) is 14.9 Å². The first-order chi connectivity index (χ1) is 13.0. The van der Waals surface area contributed by atoms with Gasteiger partial charge >= 0.3 is 11.7 Å². The van der Waals surface area contributed by atoms with Gasteiger partial charge in [0.25, 0.3) is 0 Å². The molecule has 2 aliphatic heterocycles. The molecule has 10 nitrogen and oxygen atoms in total. The van der Waals surface area contributed by atoms with Gasteiger partial charge in [0.15, 0.2) is 0 Å². The van der Waals surface area contributed by atoms with Crippen LogP contribution in [0.25, 0.3) is 0 Å². The number of rotatable bonds is 5. The van der Waals surface area contributed by atoms with E-state index in [4.69, 9.17) is 4.74 Å². The van der Waals surface area contributed by atoms with Crippen molar-refractivity contribution < 1.29 is 14.5 Å². The number of nitrogens with zero attached hydrogens (tertiary/aromatic N) is 6. The number of esters is 1. The van der Waals surface area contributed by atoms with Crippen LogP contribution in [0.15, 0.2) is 6.33 Å². The van der Waals surface area contributed by atoms with Gasteiger partial charge in [-0.25, -0.2) is 9.97 Å². The van der Waals surface area contributed by atoms with Gasteiger partial charge in [0.2, 0.25) is 11.6 Å². The lowest BCUT2D eigenvalue weighted by Gasteiger charge is -2.34. The Morgan fingerprint density at radius 2 is 1.89 bits per heavy atom. The molecular weight excluding hydrogens is 352 g/mol. The van der Waals surface area contributed by atoms with Crippen LogP contribution in [-0.4, -0.2) is 78.7 Å². The monoisotopic (exact) mass is 378 g/mol. The van der Waals surface area contributed by atoms with Crippen LogP contribution in [0.2, 0.25) is 0 Å². The van der Waals surface area contributed by atoms with E-state index in [0.717, 1.165) is 25.9 Å². The molecule has 1 aromatic heterocycles. The number of aromatic nitrogens is 2. The third-order valence-electron chi connectivity index (χ3n) is 5.11. The van der Waals surface area contributed by atoms with Gasteiger partial charge in [-0.15, -0.1) is 0 Å². The topological polar surface area (TPSA) is 105 Å². The maximum atomic E-state index is 12.1. The van der Waals surface area contributed by atoms with Gasteiger partial charge in [0.1, 0.15) is 6.33 Å². The summed E-state index contributed by atoms with van der Waals surface area (Å²) in [5.41, 5.74) is -0.0773. The fourth-order valence-corrected chi connectivity index (χ4v) is 3.63. The molecule has 148 valence electrons. The fraction of sp³-hybridized carbons (Fsp3) is 0.706. The van der Waals surface area contributed by atoms with E-state index in [1.165, 1.54) is 6.33 Å². The lowest BCUT2D eigenvalue weighted by Crippen LogP contribution is -2.45. The lowest BCUT2D eigenvalue weighted by atomic mass is 9.98. The summed E-state index contributed by atoms with van der Waals surface area (Å²) in [6, 6.07) is 0. The Morgan fingerprint density at radius 1 is 1.22 bits per heavy atom. The molecule has 0 aliphatic carbocycles. The zero-order chi connectivity index (χ0) is 19.4. The number of carbonyl (C=O) groups is 1. The minimum absolute atomic E-state index is 0.0773. The second kappa shape index (κ2) is 8.47. The summed E-state index contributed by atoms with van der Waals surface area (Å²) in [5, 5.41) is 11.9. The third kappa shape index (κ3) is 4.26. The maximum absolute atomic E-state index is 12.1. The van der Waals surface area contributed by atoms with Crippen LogP contribution >= 0.6 is 0 Å². The molecule has 27 heavy (non-hydrogen) atoms. The Hall–Kier alpha value is -2.49. The van der Waals surface area contributed by atoms with E-state index >= 15 is 0 Å². The first-order valence-electron chi connectivity index (χ1n) is 9.35.